The van der Waals surface area contributed by atoms with Crippen molar-refractivity contribution in [2.45, 2.75) is 46.5 Å². The first-order chi connectivity index (χ1) is 8.04. The number of anilines is 2. The van der Waals surface area contributed by atoms with E-state index in [0.717, 1.165) is 41.8 Å². The van der Waals surface area contributed by atoms with Gasteiger partial charge in [0.15, 0.2) is 0 Å². The zero-order valence-corrected chi connectivity index (χ0v) is 11.0. The maximum absolute atomic E-state index is 11.7. The van der Waals surface area contributed by atoms with Crippen LogP contribution in [-0.4, -0.2) is 5.91 Å². The molecule has 0 heterocycles. The van der Waals surface area contributed by atoms with Crippen molar-refractivity contribution >= 4 is 17.3 Å². The molecule has 3 N–H and O–H groups in total. The molecule has 1 amide bonds. The molecule has 0 bridgehead atoms. The number of carbonyl (C=O) groups excluding carboxylic acids is 1. The quantitative estimate of drug-likeness (QED) is 0.606. The summed E-state index contributed by atoms with van der Waals surface area (Å²) in [6, 6.07) is 3.77. The zero-order valence-electron chi connectivity index (χ0n) is 11.0. The van der Waals surface area contributed by atoms with Crippen LogP contribution in [0.5, 0.6) is 0 Å². The fourth-order valence-electron chi connectivity index (χ4n) is 1.93. The first-order valence-electron chi connectivity index (χ1n) is 6.21. The van der Waals surface area contributed by atoms with Crippen LogP contribution in [0.2, 0.25) is 0 Å². The van der Waals surface area contributed by atoms with Crippen LogP contribution in [-0.2, 0) is 4.79 Å². The molecule has 0 spiro atoms. The van der Waals surface area contributed by atoms with Crippen LogP contribution in [0.15, 0.2) is 12.1 Å². The van der Waals surface area contributed by atoms with Crippen LogP contribution in [0.1, 0.15) is 43.7 Å². The van der Waals surface area contributed by atoms with Gasteiger partial charge < -0.3 is 11.1 Å². The van der Waals surface area contributed by atoms with E-state index in [1.807, 2.05) is 26.0 Å². The molecule has 0 unspecified atom stereocenters. The number of rotatable bonds is 5. The summed E-state index contributed by atoms with van der Waals surface area (Å²) in [5.41, 5.74) is 9.43. The third-order valence-corrected chi connectivity index (χ3v) is 2.83. The van der Waals surface area contributed by atoms with Gasteiger partial charge in [0, 0.05) is 17.8 Å². The topological polar surface area (TPSA) is 55.1 Å². The number of nitrogens with two attached hydrogens (primary N) is 1. The molecule has 1 aromatic carbocycles. The lowest BCUT2D eigenvalue weighted by atomic mass is 10.1. The Bertz CT molecular complexity index is 376. The Labute approximate surface area is 103 Å². The predicted octanol–water partition coefficient (Wildman–Crippen LogP) is 3.40. The van der Waals surface area contributed by atoms with Gasteiger partial charge in [-0.3, -0.25) is 4.79 Å². The highest BCUT2D eigenvalue weighted by Gasteiger charge is 2.07. The van der Waals surface area contributed by atoms with Crippen LogP contribution in [0, 0.1) is 13.8 Å². The van der Waals surface area contributed by atoms with Gasteiger partial charge in [-0.15, -0.1) is 0 Å². The molecule has 0 saturated heterocycles. The highest BCUT2D eigenvalue weighted by Crippen LogP contribution is 2.23. The van der Waals surface area contributed by atoms with Crippen LogP contribution < -0.4 is 11.1 Å². The van der Waals surface area contributed by atoms with Gasteiger partial charge in [-0.1, -0.05) is 19.8 Å². The van der Waals surface area contributed by atoms with Crippen molar-refractivity contribution in [1.82, 2.24) is 0 Å². The van der Waals surface area contributed by atoms with E-state index in [0.29, 0.717) is 6.42 Å². The summed E-state index contributed by atoms with van der Waals surface area (Å²) in [4.78, 5) is 11.7. The van der Waals surface area contributed by atoms with E-state index in [1.54, 1.807) is 0 Å². The summed E-state index contributed by atoms with van der Waals surface area (Å²) < 4.78 is 0. The molecular formula is C14H22N2O. The summed E-state index contributed by atoms with van der Waals surface area (Å²) in [6.45, 7) is 6.06. The van der Waals surface area contributed by atoms with E-state index in [-0.39, 0.29) is 5.91 Å². The highest BCUT2D eigenvalue weighted by molar-refractivity contribution is 5.92. The van der Waals surface area contributed by atoms with Gasteiger partial charge in [-0.2, -0.15) is 0 Å². The molecule has 0 fully saturated rings. The monoisotopic (exact) mass is 234 g/mol. The Morgan fingerprint density at radius 1 is 1.24 bits per heavy atom. The Morgan fingerprint density at radius 2 is 1.82 bits per heavy atom. The van der Waals surface area contributed by atoms with E-state index in [1.165, 1.54) is 0 Å². The van der Waals surface area contributed by atoms with Crippen LogP contribution in [0.4, 0.5) is 11.4 Å². The molecule has 0 radical (unpaired) electrons. The maximum atomic E-state index is 11.7. The number of hydrogen-bond acceptors (Lipinski definition) is 2. The molecule has 3 nitrogen and oxygen atoms in total. The molecule has 0 saturated carbocycles. The van der Waals surface area contributed by atoms with Crippen molar-refractivity contribution in [3.63, 3.8) is 0 Å². The van der Waals surface area contributed by atoms with Crippen LogP contribution in [0.3, 0.4) is 0 Å². The Morgan fingerprint density at radius 3 is 2.35 bits per heavy atom. The lowest BCUT2D eigenvalue weighted by molar-refractivity contribution is -0.116. The van der Waals surface area contributed by atoms with E-state index in [4.69, 9.17) is 5.73 Å². The average molecular weight is 234 g/mol. The van der Waals surface area contributed by atoms with Crippen molar-refractivity contribution < 1.29 is 4.79 Å². The molecule has 0 aromatic heterocycles. The minimum atomic E-state index is 0.0921. The van der Waals surface area contributed by atoms with E-state index in [2.05, 4.69) is 12.2 Å². The lowest BCUT2D eigenvalue weighted by Crippen LogP contribution is -2.13. The van der Waals surface area contributed by atoms with Crippen molar-refractivity contribution in [1.29, 1.82) is 0 Å². The van der Waals surface area contributed by atoms with Crippen molar-refractivity contribution in [3.05, 3.63) is 23.3 Å². The fraction of sp³-hybridized carbons (Fsp3) is 0.500. The number of amides is 1. The van der Waals surface area contributed by atoms with Crippen molar-refractivity contribution in [3.8, 4) is 0 Å². The van der Waals surface area contributed by atoms with E-state index < -0.39 is 0 Å². The second-order valence-corrected chi connectivity index (χ2v) is 4.53. The van der Waals surface area contributed by atoms with Crippen molar-refractivity contribution in [2.24, 2.45) is 0 Å². The number of nitrogens with one attached hydrogen (secondary N) is 1. The molecule has 0 aliphatic heterocycles. The summed E-state index contributed by atoms with van der Waals surface area (Å²) in [5, 5.41) is 2.97. The average Bonchev–Trinajstić information content (AvgIpc) is 2.24. The minimum absolute atomic E-state index is 0.0921. The van der Waals surface area contributed by atoms with E-state index in [9.17, 15) is 4.79 Å². The molecule has 0 atom stereocenters. The van der Waals surface area contributed by atoms with Gasteiger partial charge >= 0.3 is 0 Å². The third kappa shape index (κ3) is 4.10. The first kappa shape index (κ1) is 13.6. The number of hydrogen-bond donors (Lipinski definition) is 2. The Hall–Kier alpha value is -1.51. The molecule has 1 aromatic rings. The number of nitrogen functional groups attached to an aromatic ring is 1. The molecule has 3 heteroatoms. The fourth-order valence-corrected chi connectivity index (χ4v) is 1.93. The number of unbranched alkanes of at least 4 members (excludes halogenated alkanes) is 2. The zero-order chi connectivity index (χ0) is 12.8. The minimum Gasteiger partial charge on any atom is -0.399 e. The third-order valence-electron chi connectivity index (χ3n) is 2.83. The maximum Gasteiger partial charge on any atom is 0.224 e. The summed E-state index contributed by atoms with van der Waals surface area (Å²) in [7, 11) is 0. The van der Waals surface area contributed by atoms with Crippen LogP contribution in [0.25, 0.3) is 0 Å². The van der Waals surface area contributed by atoms with Gasteiger partial charge in [0.05, 0.1) is 0 Å². The van der Waals surface area contributed by atoms with Gasteiger partial charge in [0.25, 0.3) is 0 Å². The van der Waals surface area contributed by atoms with Gasteiger partial charge in [-0.05, 0) is 43.5 Å². The number of benzene rings is 1. The molecule has 0 aliphatic rings. The number of aryl methyl sites for hydroxylation is 2. The molecular weight excluding hydrogens is 212 g/mol. The van der Waals surface area contributed by atoms with Gasteiger partial charge in [-0.25, -0.2) is 0 Å². The predicted molar refractivity (Wildman–Crippen MR) is 73.1 cm³/mol. The highest BCUT2D eigenvalue weighted by atomic mass is 16.1. The lowest BCUT2D eigenvalue weighted by Gasteiger charge is -2.12. The largest absolute Gasteiger partial charge is 0.399 e. The molecule has 1 rings (SSSR count). The van der Waals surface area contributed by atoms with Gasteiger partial charge in [0.2, 0.25) is 5.91 Å². The Kier molecular flexibility index (Phi) is 5.01. The van der Waals surface area contributed by atoms with E-state index >= 15 is 0 Å². The Balaban J connectivity index is 2.65. The molecule has 94 valence electrons. The summed E-state index contributed by atoms with van der Waals surface area (Å²) in [6.07, 6.45) is 3.78. The number of carbonyl (C=O) groups is 1. The summed E-state index contributed by atoms with van der Waals surface area (Å²) >= 11 is 0. The normalized spacial score (nSPS) is 10.3. The molecule has 0 aliphatic carbocycles. The van der Waals surface area contributed by atoms with Crippen molar-refractivity contribution in [2.75, 3.05) is 11.1 Å². The second kappa shape index (κ2) is 6.28. The summed E-state index contributed by atoms with van der Waals surface area (Å²) in [5.74, 6) is 0.0921. The van der Waals surface area contributed by atoms with Gasteiger partial charge in [0.1, 0.15) is 0 Å². The standard InChI is InChI=1S/C14H22N2O/c1-4-5-6-7-13(17)16-14-10(2)8-12(15)9-11(14)3/h8-9H,4-7,15H2,1-3H3,(H,16,17). The first-order valence-corrected chi connectivity index (χ1v) is 6.21. The SMILES string of the molecule is CCCCCC(=O)Nc1c(C)cc(N)cc1C. The second-order valence-electron chi connectivity index (χ2n) is 4.53. The molecule has 17 heavy (non-hydrogen) atoms. The van der Waals surface area contributed by atoms with Crippen LogP contribution >= 0.6 is 0 Å². The smallest absolute Gasteiger partial charge is 0.224 e.